The van der Waals surface area contributed by atoms with Crippen LogP contribution >= 0.6 is 0 Å². The fraction of sp³-hybridized carbons (Fsp3) is 0.231. The molecule has 1 aromatic carbocycles. The molecule has 4 N–H and O–H groups in total. The highest BCUT2D eigenvalue weighted by atomic mass is 16.2. The third-order valence-electron chi connectivity index (χ3n) is 3.24. The molecule has 0 atom stereocenters. The van der Waals surface area contributed by atoms with Gasteiger partial charge >= 0.3 is 0 Å². The van der Waals surface area contributed by atoms with Crippen LogP contribution < -0.4 is 11.1 Å². The van der Waals surface area contributed by atoms with Crippen molar-refractivity contribution in [2.75, 3.05) is 18.1 Å². The number of aromatic nitrogens is 2. The summed E-state index contributed by atoms with van der Waals surface area (Å²) in [5.74, 6) is -0.277. The normalized spacial score (nSPS) is 14.4. The SMILES string of the molecule is CN1Cc2ccc(NC(=O)c3[nH]ncc3N)cc2C1. The number of carbonyl (C=O) groups excluding carboxylic acids is 1. The van der Waals surface area contributed by atoms with E-state index in [1.54, 1.807) is 0 Å². The number of nitrogens with two attached hydrogens (primary N) is 1. The van der Waals surface area contributed by atoms with Gasteiger partial charge in [-0.1, -0.05) is 6.07 Å². The van der Waals surface area contributed by atoms with Crippen molar-refractivity contribution >= 4 is 17.3 Å². The number of aromatic amines is 1. The van der Waals surface area contributed by atoms with E-state index in [2.05, 4.69) is 27.5 Å². The van der Waals surface area contributed by atoms with E-state index < -0.39 is 0 Å². The van der Waals surface area contributed by atoms with Gasteiger partial charge in [-0.05, 0) is 30.3 Å². The molecule has 1 amide bonds. The number of H-pyrrole nitrogens is 1. The van der Waals surface area contributed by atoms with E-state index in [0.717, 1.165) is 18.8 Å². The van der Waals surface area contributed by atoms with E-state index in [1.165, 1.54) is 17.3 Å². The molecule has 0 bridgehead atoms. The number of nitrogens with one attached hydrogen (secondary N) is 2. The quantitative estimate of drug-likeness (QED) is 0.754. The molecule has 1 aliphatic rings. The highest BCUT2D eigenvalue weighted by molar-refractivity contribution is 6.06. The maximum atomic E-state index is 12.0. The largest absolute Gasteiger partial charge is 0.396 e. The Morgan fingerprint density at radius 2 is 2.21 bits per heavy atom. The first-order valence-corrected chi connectivity index (χ1v) is 6.04. The molecule has 0 radical (unpaired) electrons. The van der Waals surface area contributed by atoms with Crippen LogP contribution in [0, 0.1) is 0 Å². The summed E-state index contributed by atoms with van der Waals surface area (Å²) >= 11 is 0. The first-order chi connectivity index (χ1) is 9.13. The molecule has 98 valence electrons. The van der Waals surface area contributed by atoms with Crippen LogP contribution in [-0.4, -0.2) is 28.1 Å². The lowest BCUT2D eigenvalue weighted by molar-refractivity contribution is 0.102. The standard InChI is InChI=1S/C13H15N5O/c1-18-6-8-2-3-10(4-9(8)7-18)16-13(19)12-11(14)5-15-17-12/h2-5H,6-7,14H2,1H3,(H,15,17)(H,16,19). The number of rotatable bonds is 2. The Morgan fingerprint density at radius 3 is 2.95 bits per heavy atom. The van der Waals surface area contributed by atoms with Crippen LogP contribution in [0.3, 0.4) is 0 Å². The van der Waals surface area contributed by atoms with Crippen molar-refractivity contribution in [3.8, 4) is 0 Å². The molecule has 2 aromatic rings. The molecule has 1 aliphatic heterocycles. The van der Waals surface area contributed by atoms with E-state index in [9.17, 15) is 4.79 Å². The average Bonchev–Trinajstić information content (AvgIpc) is 2.93. The fourth-order valence-electron chi connectivity index (χ4n) is 2.31. The Labute approximate surface area is 110 Å². The zero-order valence-corrected chi connectivity index (χ0v) is 10.6. The van der Waals surface area contributed by atoms with E-state index >= 15 is 0 Å². The molecule has 2 heterocycles. The molecular formula is C13H15N5O. The van der Waals surface area contributed by atoms with Gasteiger partial charge in [-0.25, -0.2) is 0 Å². The molecule has 0 saturated heterocycles. The van der Waals surface area contributed by atoms with Gasteiger partial charge < -0.3 is 11.1 Å². The topological polar surface area (TPSA) is 87.0 Å². The smallest absolute Gasteiger partial charge is 0.275 e. The number of nitrogen functional groups attached to an aromatic ring is 1. The number of benzene rings is 1. The summed E-state index contributed by atoms with van der Waals surface area (Å²) in [5, 5.41) is 9.15. The third-order valence-corrected chi connectivity index (χ3v) is 3.24. The summed E-state index contributed by atoms with van der Waals surface area (Å²) in [6.45, 7) is 1.86. The molecule has 6 nitrogen and oxygen atoms in total. The van der Waals surface area contributed by atoms with Gasteiger partial charge in [-0.2, -0.15) is 5.10 Å². The Morgan fingerprint density at radius 1 is 1.42 bits per heavy atom. The van der Waals surface area contributed by atoms with Crippen LogP contribution in [0.4, 0.5) is 11.4 Å². The molecule has 0 saturated carbocycles. The molecule has 0 unspecified atom stereocenters. The maximum absolute atomic E-state index is 12.0. The summed E-state index contributed by atoms with van der Waals surface area (Å²) in [6.07, 6.45) is 1.42. The minimum atomic E-state index is -0.277. The summed E-state index contributed by atoms with van der Waals surface area (Å²) in [6, 6.07) is 5.95. The van der Waals surface area contributed by atoms with E-state index in [1.807, 2.05) is 18.2 Å². The number of amides is 1. The Bertz CT molecular complexity index is 634. The lowest BCUT2D eigenvalue weighted by Gasteiger charge is -2.06. The highest BCUT2D eigenvalue weighted by Crippen LogP contribution is 2.24. The fourth-order valence-corrected chi connectivity index (χ4v) is 2.31. The van der Waals surface area contributed by atoms with Gasteiger partial charge in [0.2, 0.25) is 0 Å². The number of carbonyl (C=O) groups is 1. The number of hydrogen-bond acceptors (Lipinski definition) is 4. The summed E-state index contributed by atoms with van der Waals surface area (Å²) < 4.78 is 0. The number of fused-ring (bicyclic) bond motifs is 1. The Hall–Kier alpha value is -2.34. The van der Waals surface area contributed by atoms with Gasteiger partial charge in [0.15, 0.2) is 0 Å². The molecule has 0 aliphatic carbocycles. The van der Waals surface area contributed by atoms with Gasteiger partial charge in [0.25, 0.3) is 5.91 Å². The van der Waals surface area contributed by atoms with Crippen molar-refractivity contribution in [2.45, 2.75) is 13.1 Å². The molecule has 0 spiro atoms. The zero-order valence-electron chi connectivity index (χ0n) is 10.6. The third kappa shape index (κ3) is 2.17. The minimum absolute atomic E-state index is 0.277. The van der Waals surface area contributed by atoms with Gasteiger partial charge in [0.1, 0.15) is 5.69 Å². The first kappa shape index (κ1) is 11.7. The number of nitrogens with zero attached hydrogens (tertiary/aromatic N) is 2. The second-order valence-electron chi connectivity index (χ2n) is 4.81. The summed E-state index contributed by atoms with van der Waals surface area (Å²) in [7, 11) is 2.07. The number of anilines is 2. The van der Waals surface area contributed by atoms with Gasteiger partial charge in [-0.15, -0.1) is 0 Å². The van der Waals surface area contributed by atoms with Crippen LogP contribution in [0.2, 0.25) is 0 Å². The maximum Gasteiger partial charge on any atom is 0.275 e. The zero-order chi connectivity index (χ0) is 13.4. The predicted octanol–water partition coefficient (Wildman–Crippen LogP) is 1.19. The van der Waals surface area contributed by atoms with Crippen molar-refractivity contribution < 1.29 is 4.79 Å². The highest BCUT2D eigenvalue weighted by Gasteiger charge is 2.17. The van der Waals surface area contributed by atoms with Gasteiger partial charge in [-0.3, -0.25) is 14.8 Å². The van der Waals surface area contributed by atoms with Crippen LogP contribution in [0.5, 0.6) is 0 Å². The predicted molar refractivity (Wildman–Crippen MR) is 72.6 cm³/mol. The second kappa shape index (κ2) is 4.40. The summed E-state index contributed by atoms with van der Waals surface area (Å²) in [4.78, 5) is 14.2. The average molecular weight is 257 g/mol. The van der Waals surface area contributed by atoms with Crippen molar-refractivity contribution in [1.29, 1.82) is 0 Å². The van der Waals surface area contributed by atoms with Crippen LogP contribution in [-0.2, 0) is 13.1 Å². The van der Waals surface area contributed by atoms with E-state index in [0.29, 0.717) is 5.69 Å². The molecule has 19 heavy (non-hydrogen) atoms. The lowest BCUT2D eigenvalue weighted by atomic mass is 10.1. The van der Waals surface area contributed by atoms with Crippen molar-refractivity contribution in [3.63, 3.8) is 0 Å². The second-order valence-corrected chi connectivity index (χ2v) is 4.81. The van der Waals surface area contributed by atoms with Crippen LogP contribution in [0.25, 0.3) is 0 Å². The number of hydrogen-bond donors (Lipinski definition) is 3. The van der Waals surface area contributed by atoms with E-state index in [4.69, 9.17) is 5.73 Å². The lowest BCUT2D eigenvalue weighted by Crippen LogP contribution is -2.14. The van der Waals surface area contributed by atoms with Crippen LogP contribution in [0.15, 0.2) is 24.4 Å². The minimum Gasteiger partial charge on any atom is -0.396 e. The molecule has 0 fully saturated rings. The molecular weight excluding hydrogens is 242 g/mol. The monoisotopic (exact) mass is 257 g/mol. The summed E-state index contributed by atoms with van der Waals surface area (Å²) in [5.41, 5.74) is 9.60. The van der Waals surface area contributed by atoms with Gasteiger partial charge in [0, 0.05) is 18.8 Å². The van der Waals surface area contributed by atoms with Crippen molar-refractivity contribution in [3.05, 3.63) is 41.2 Å². The van der Waals surface area contributed by atoms with Gasteiger partial charge in [0.05, 0.1) is 11.9 Å². The Kier molecular flexibility index (Phi) is 2.72. The molecule has 6 heteroatoms. The van der Waals surface area contributed by atoms with Crippen molar-refractivity contribution in [2.24, 2.45) is 0 Å². The molecule has 3 rings (SSSR count). The van der Waals surface area contributed by atoms with Crippen molar-refractivity contribution in [1.82, 2.24) is 15.1 Å². The first-order valence-electron chi connectivity index (χ1n) is 6.04. The van der Waals surface area contributed by atoms with E-state index in [-0.39, 0.29) is 11.6 Å². The Balaban J connectivity index is 1.80. The van der Waals surface area contributed by atoms with Crippen LogP contribution in [0.1, 0.15) is 21.6 Å². The molecule has 1 aromatic heterocycles.